The van der Waals surface area contributed by atoms with E-state index in [2.05, 4.69) is 36.5 Å². The lowest BCUT2D eigenvalue weighted by Gasteiger charge is -2.13. The highest BCUT2D eigenvalue weighted by atomic mass is 14.9. The Bertz CT molecular complexity index is 394. The van der Waals surface area contributed by atoms with Gasteiger partial charge in [0.1, 0.15) is 0 Å². The SMILES string of the molecule is CC1CCC(CNCc2ccccc2C2CC2)C1. The summed E-state index contributed by atoms with van der Waals surface area (Å²) < 4.78 is 0. The van der Waals surface area contributed by atoms with E-state index in [4.69, 9.17) is 0 Å². The molecule has 3 rings (SSSR count). The minimum absolute atomic E-state index is 0.870. The first kappa shape index (κ1) is 12.2. The zero-order valence-electron chi connectivity index (χ0n) is 11.5. The molecular formula is C17H25N. The molecule has 0 radical (unpaired) electrons. The van der Waals surface area contributed by atoms with Crippen molar-refractivity contribution in [2.45, 2.75) is 51.5 Å². The Morgan fingerprint density at radius 3 is 2.67 bits per heavy atom. The summed E-state index contributed by atoms with van der Waals surface area (Å²) in [5.74, 6) is 2.75. The van der Waals surface area contributed by atoms with Crippen LogP contribution in [0, 0.1) is 11.8 Å². The predicted octanol–water partition coefficient (Wildman–Crippen LogP) is 4.09. The fourth-order valence-corrected chi connectivity index (χ4v) is 3.41. The molecule has 0 spiro atoms. The van der Waals surface area contributed by atoms with Crippen molar-refractivity contribution in [3.63, 3.8) is 0 Å². The Labute approximate surface area is 111 Å². The number of hydrogen-bond acceptors (Lipinski definition) is 1. The minimum atomic E-state index is 0.870. The molecule has 1 aromatic carbocycles. The third-order valence-corrected chi connectivity index (χ3v) is 4.62. The molecule has 0 amide bonds. The molecule has 0 aliphatic heterocycles. The van der Waals surface area contributed by atoms with E-state index in [-0.39, 0.29) is 0 Å². The van der Waals surface area contributed by atoms with Crippen LogP contribution in [0.5, 0.6) is 0 Å². The van der Waals surface area contributed by atoms with Gasteiger partial charge in [-0.05, 0) is 61.1 Å². The van der Waals surface area contributed by atoms with Crippen LogP contribution in [0.1, 0.15) is 56.1 Å². The van der Waals surface area contributed by atoms with Gasteiger partial charge in [-0.2, -0.15) is 0 Å². The number of hydrogen-bond donors (Lipinski definition) is 1. The maximum Gasteiger partial charge on any atom is 0.0208 e. The molecule has 98 valence electrons. The first-order chi connectivity index (χ1) is 8.83. The van der Waals surface area contributed by atoms with Crippen molar-refractivity contribution in [3.05, 3.63) is 35.4 Å². The molecule has 2 unspecified atom stereocenters. The van der Waals surface area contributed by atoms with E-state index in [0.717, 1.165) is 24.3 Å². The standard InChI is InChI=1S/C17H25N/c1-13-6-7-14(10-13)11-18-12-16-4-2-3-5-17(16)15-8-9-15/h2-5,13-15,18H,6-12H2,1H3. The summed E-state index contributed by atoms with van der Waals surface area (Å²) in [4.78, 5) is 0. The molecule has 18 heavy (non-hydrogen) atoms. The van der Waals surface area contributed by atoms with Crippen LogP contribution in [0.2, 0.25) is 0 Å². The maximum atomic E-state index is 3.69. The average molecular weight is 243 g/mol. The zero-order chi connectivity index (χ0) is 12.4. The Hall–Kier alpha value is -0.820. The normalized spacial score (nSPS) is 27.6. The van der Waals surface area contributed by atoms with E-state index in [1.807, 2.05) is 0 Å². The fourth-order valence-electron chi connectivity index (χ4n) is 3.41. The Kier molecular flexibility index (Phi) is 3.69. The molecule has 0 saturated heterocycles. The molecule has 2 atom stereocenters. The molecule has 1 aromatic rings. The highest BCUT2D eigenvalue weighted by Crippen LogP contribution is 2.41. The minimum Gasteiger partial charge on any atom is -0.312 e. The molecule has 0 bridgehead atoms. The zero-order valence-corrected chi connectivity index (χ0v) is 11.5. The Morgan fingerprint density at radius 1 is 1.11 bits per heavy atom. The lowest BCUT2D eigenvalue weighted by atomic mass is 10.0. The van der Waals surface area contributed by atoms with Gasteiger partial charge in [-0.15, -0.1) is 0 Å². The summed E-state index contributed by atoms with van der Waals surface area (Å²) in [5.41, 5.74) is 3.14. The van der Waals surface area contributed by atoms with Gasteiger partial charge in [0.25, 0.3) is 0 Å². The van der Waals surface area contributed by atoms with Crippen LogP contribution in [0.4, 0.5) is 0 Å². The van der Waals surface area contributed by atoms with Gasteiger partial charge in [-0.25, -0.2) is 0 Å². The smallest absolute Gasteiger partial charge is 0.0208 e. The molecule has 0 heterocycles. The largest absolute Gasteiger partial charge is 0.312 e. The monoisotopic (exact) mass is 243 g/mol. The van der Waals surface area contributed by atoms with E-state index >= 15 is 0 Å². The average Bonchev–Trinajstić information content (AvgIpc) is 3.14. The lowest BCUT2D eigenvalue weighted by molar-refractivity contribution is 0.470. The number of nitrogens with one attached hydrogen (secondary N) is 1. The van der Waals surface area contributed by atoms with E-state index in [1.54, 1.807) is 5.56 Å². The molecule has 2 aliphatic rings. The van der Waals surface area contributed by atoms with Gasteiger partial charge in [0.15, 0.2) is 0 Å². The van der Waals surface area contributed by atoms with E-state index < -0.39 is 0 Å². The highest BCUT2D eigenvalue weighted by molar-refractivity contribution is 5.33. The van der Waals surface area contributed by atoms with Gasteiger partial charge in [0.2, 0.25) is 0 Å². The van der Waals surface area contributed by atoms with Crippen molar-refractivity contribution in [2.24, 2.45) is 11.8 Å². The molecular weight excluding hydrogens is 218 g/mol. The first-order valence-electron chi connectivity index (χ1n) is 7.61. The van der Waals surface area contributed by atoms with Crippen molar-refractivity contribution < 1.29 is 0 Å². The Balaban J connectivity index is 1.50. The van der Waals surface area contributed by atoms with Crippen molar-refractivity contribution in [1.29, 1.82) is 0 Å². The van der Waals surface area contributed by atoms with Crippen LogP contribution >= 0.6 is 0 Å². The van der Waals surface area contributed by atoms with Crippen LogP contribution in [-0.2, 0) is 6.54 Å². The van der Waals surface area contributed by atoms with Crippen LogP contribution in [0.25, 0.3) is 0 Å². The third-order valence-electron chi connectivity index (χ3n) is 4.62. The highest BCUT2D eigenvalue weighted by Gasteiger charge is 2.25. The van der Waals surface area contributed by atoms with Crippen LogP contribution in [-0.4, -0.2) is 6.54 Å². The van der Waals surface area contributed by atoms with E-state index in [0.29, 0.717) is 0 Å². The second-order valence-corrected chi connectivity index (χ2v) is 6.39. The van der Waals surface area contributed by atoms with Gasteiger partial charge in [0, 0.05) is 6.54 Å². The first-order valence-corrected chi connectivity index (χ1v) is 7.61. The Morgan fingerprint density at radius 2 is 1.94 bits per heavy atom. The molecule has 2 saturated carbocycles. The van der Waals surface area contributed by atoms with E-state index in [1.165, 1.54) is 44.2 Å². The predicted molar refractivity (Wildman–Crippen MR) is 76.6 cm³/mol. The maximum absolute atomic E-state index is 3.69. The van der Waals surface area contributed by atoms with Gasteiger partial charge in [-0.3, -0.25) is 0 Å². The fraction of sp³-hybridized carbons (Fsp3) is 0.647. The number of benzene rings is 1. The van der Waals surface area contributed by atoms with Crippen molar-refractivity contribution in [1.82, 2.24) is 5.32 Å². The van der Waals surface area contributed by atoms with Crippen molar-refractivity contribution in [2.75, 3.05) is 6.54 Å². The summed E-state index contributed by atoms with van der Waals surface area (Å²) in [6, 6.07) is 9.00. The molecule has 2 aliphatic carbocycles. The third kappa shape index (κ3) is 2.95. The quantitative estimate of drug-likeness (QED) is 0.821. The van der Waals surface area contributed by atoms with Gasteiger partial charge in [-0.1, -0.05) is 37.6 Å². The molecule has 1 heteroatoms. The number of rotatable bonds is 5. The summed E-state index contributed by atoms with van der Waals surface area (Å²) in [6.45, 7) is 4.67. The van der Waals surface area contributed by atoms with Crippen LogP contribution in [0.15, 0.2) is 24.3 Å². The summed E-state index contributed by atoms with van der Waals surface area (Å²) >= 11 is 0. The second kappa shape index (κ2) is 5.44. The molecule has 0 aromatic heterocycles. The molecule has 1 nitrogen and oxygen atoms in total. The van der Waals surface area contributed by atoms with Crippen molar-refractivity contribution >= 4 is 0 Å². The van der Waals surface area contributed by atoms with Gasteiger partial charge in [0.05, 0.1) is 0 Å². The topological polar surface area (TPSA) is 12.0 Å². The molecule has 1 N–H and O–H groups in total. The summed E-state index contributed by atoms with van der Waals surface area (Å²) in [6.07, 6.45) is 7.09. The van der Waals surface area contributed by atoms with Crippen molar-refractivity contribution in [3.8, 4) is 0 Å². The van der Waals surface area contributed by atoms with Crippen LogP contribution < -0.4 is 5.32 Å². The summed E-state index contributed by atoms with van der Waals surface area (Å²) in [7, 11) is 0. The van der Waals surface area contributed by atoms with Gasteiger partial charge < -0.3 is 5.32 Å². The lowest BCUT2D eigenvalue weighted by Crippen LogP contribution is -2.21. The molecule has 2 fully saturated rings. The second-order valence-electron chi connectivity index (χ2n) is 6.39. The van der Waals surface area contributed by atoms with Gasteiger partial charge >= 0.3 is 0 Å². The van der Waals surface area contributed by atoms with E-state index in [9.17, 15) is 0 Å². The summed E-state index contributed by atoms with van der Waals surface area (Å²) in [5, 5.41) is 3.69. The van der Waals surface area contributed by atoms with Crippen LogP contribution in [0.3, 0.4) is 0 Å².